The Kier molecular flexibility index (Phi) is 5.08. The normalized spacial score (nSPS) is 12.0. The Morgan fingerprint density at radius 3 is 2.54 bits per heavy atom. The summed E-state index contributed by atoms with van der Waals surface area (Å²) >= 11 is 0. The first-order valence-electron chi connectivity index (χ1n) is 7.77. The van der Waals surface area contributed by atoms with Crippen molar-refractivity contribution in [3.63, 3.8) is 0 Å². The molecule has 124 valence electrons. The second-order valence-electron chi connectivity index (χ2n) is 5.57. The molecule has 24 heavy (non-hydrogen) atoms. The molecule has 0 aliphatic heterocycles. The zero-order valence-corrected chi connectivity index (χ0v) is 13.1. The van der Waals surface area contributed by atoms with Crippen molar-refractivity contribution >= 4 is 0 Å². The summed E-state index contributed by atoms with van der Waals surface area (Å²) in [7, 11) is 0. The van der Waals surface area contributed by atoms with Crippen LogP contribution in [0.15, 0.2) is 59.4 Å². The molecule has 0 saturated heterocycles. The van der Waals surface area contributed by atoms with Crippen LogP contribution in [0, 0.1) is 0 Å². The molecule has 3 rings (SSSR count). The third kappa shape index (κ3) is 4.33. The first-order chi connectivity index (χ1) is 11.7. The van der Waals surface area contributed by atoms with Crippen LogP contribution in [0.4, 0.5) is 0 Å². The van der Waals surface area contributed by atoms with Crippen LogP contribution in [-0.2, 0) is 19.4 Å². The first-order valence-corrected chi connectivity index (χ1v) is 7.77. The summed E-state index contributed by atoms with van der Waals surface area (Å²) in [6.07, 6.45) is 0.0245. The van der Waals surface area contributed by atoms with Crippen LogP contribution in [0.3, 0.4) is 0 Å². The Labute approximate surface area is 139 Å². The van der Waals surface area contributed by atoms with E-state index in [-0.39, 0.29) is 12.1 Å². The van der Waals surface area contributed by atoms with Gasteiger partial charge in [-0.3, -0.25) is 4.98 Å². The lowest BCUT2D eigenvalue weighted by Crippen LogP contribution is -2.16. The fraction of sp³-hybridized carbons (Fsp3) is 0.222. The molecule has 6 heteroatoms. The molecule has 6 nitrogen and oxygen atoms in total. The van der Waals surface area contributed by atoms with E-state index in [9.17, 15) is 9.90 Å². The van der Waals surface area contributed by atoms with E-state index in [0.29, 0.717) is 18.9 Å². The van der Waals surface area contributed by atoms with Gasteiger partial charge in [0.1, 0.15) is 18.2 Å². The number of rotatable bonds is 7. The highest BCUT2D eigenvalue weighted by atomic mass is 16.5. The average molecular weight is 325 g/mol. The number of aliphatic hydroxyl groups excluding tert-OH is 1. The zero-order valence-electron chi connectivity index (χ0n) is 13.1. The van der Waals surface area contributed by atoms with Gasteiger partial charge in [0.2, 0.25) is 0 Å². The smallest absolute Gasteiger partial charge is 0.340 e. The number of nitrogens with zero attached hydrogens (tertiary/aromatic N) is 1. The lowest BCUT2D eigenvalue weighted by atomic mass is 10.0. The predicted molar refractivity (Wildman–Crippen MR) is 89.8 cm³/mol. The summed E-state index contributed by atoms with van der Waals surface area (Å²) in [5.41, 5.74) is 1.63. The Balaban J connectivity index is 1.64. The SMILES string of the molecule is O=c1[nH]nc(CC(O)Cc2ccccc2OCc2ccccc2)[nH]1. The molecule has 1 heterocycles. The second-order valence-corrected chi connectivity index (χ2v) is 5.57. The van der Waals surface area contributed by atoms with Gasteiger partial charge >= 0.3 is 5.69 Å². The molecule has 0 spiro atoms. The van der Waals surface area contributed by atoms with Crippen LogP contribution in [0.25, 0.3) is 0 Å². The van der Waals surface area contributed by atoms with E-state index in [4.69, 9.17) is 4.74 Å². The maximum absolute atomic E-state index is 11.0. The lowest BCUT2D eigenvalue weighted by molar-refractivity contribution is 0.171. The molecular formula is C18H19N3O3. The van der Waals surface area contributed by atoms with Gasteiger partial charge in [0, 0.05) is 12.8 Å². The molecule has 1 aromatic heterocycles. The fourth-order valence-corrected chi connectivity index (χ4v) is 2.50. The van der Waals surface area contributed by atoms with Crippen molar-refractivity contribution in [3.05, 3.63) is 82.0 Å². The van der Waals surface area contributed by atoms with Gasteiger partial charge < -0.3 is 9.84 Å². The van der Waals surface area contributed by atoms with E-state index < -0.39 is 6.10 Å². The zero-order chi connectivity index (χ0) is 16.8. The second kappa shape index (κ2) is 7.61. The standard InChI is InChI=1S/C18H19N3O3/c22-15(11-17-19-18(23)21-20-17)10-14-8-4-5-9-16(14)24-12-13-6-2-1-3-7-13/h1-9,15,22H,10-12H2,(H2,19,20,21,23). The van der Waals surface area contributed by atoms with E-state index in [1.54, 1.807) is 0 Å². The highest BCUT2D eigenvalue weighted by Gasteiger charge is 2.13. The summed E-state index contributed by atoms with van der Waals surface area (Å²) < 4.78 is 5.89. The van der Waals surface area contributed by atoms with Crippen molar-refractivity contribution in [3.8, 4) is 5.75 Å². The van der Waals surface area contributed by atoms with E-state index in [0.717, 1.165) is 16.9 Å². The van der Waals surface area contributed by atoms with Gasteiger partial charge in [-0.1, -0.05) is 48.5 Å². The molecular weight excluding hydrogens is 306 g/mol. The van der Waals surface area contributed by atoms with Crippen LogP contribution in [0.1, 0.15) is 17.0 Å². The lowest BCUT2D eigenvalue weighted by Gasteiger charge is -2.14. The van der Waals surface area contributed by atoms with Crippen LogP contribution in [0.2, 0.25) is 0 Å². The van der Waals surface area contributed by atoms with Crippen LogP contribution >= 0.6 is 0 Å². The molecule has 3 aromatic rings. The number of aliphatic hydroxyl groups is 1. The van der Waals surface area contributed by atoms with Crippen molar-refractivity contribution in [2.75, 3.05) is 0 Å². The fourth-order valence-electron chi connectivity index (χ4n) is 2.50. The Morgan fingerprint density at radius 2 is 1.79 bits per heavy atom. The van der Waals surface area contributed by atoms with Crippen molar-refractivity contribution in [1.29, 1.82) is 0 Å². The number of aromatic nitrogens is 3. The molecule has 0 bridgehead atoms. The van der Waals surface area contributed by atoms with Crippen LogP contribution in [0.5, 0.6) is 5.75 Å². The van der Waals surface area contributed by atoms with Gasteiger partial charge in [-0.15, -0.1) is 0 Å². The topological polar surface area (TPSA) is 91.0 Å². The first kappa shape index (κ1) is 16.0. The van der Waals surface area contributed by atoms with E-state index in [2.05, 4.69) is 15.2 Å². The number of H-pyrrole nitrogens is 2. The number of aromatic amines is 2. The summed E-state index contributed by atoms with van der Waals surface area (Å²) in [5, 5.41) is 16.3. The van der Waals surface area contributed by atoms with E-state index >= 15 is 0 Å². The average Bonchev–Trinajstić information content (AvgIpc) is 3.00. The van der Waals surface area contributed by atoms with Gasteiger partial charge in [-0.2, -0.15) is 5.10 Å². The van der Waals surface area contributed by atoms with Crippen molar-refractivity contribution in [2.45, 2.75) is 25.6 Å². The molecule has 2 aromatic carbocycles. The van der Waals surface area contributed by atoms with Gasteiger partial charge in [-0.25, -0.2) is 9.89 Å². The van der Waals surface area contributed by atoms with Crippen molar-refractivity contribution < 1.29 is 9.84 Å². The van der Waals surface area contributed by atoms with E-state index in [1.807, 2.05) is 54.6 Å². The minimum atomic E-state index is -0.662. The molecule has 0 fully saturated rings. The Morgan fingerprint density at radius 1 is 1.04 bits per heavy atom. The Hall–Kier alpha value is -2.86. The van der Waals surface area contributed by atoms with E-state index in [1.165, 1.54) is 0 Å². The summed E-state index contributed by atoms with van der Waals surface area (Å²) in [6.45, 7) is 0.473. The number of ether oxygens (including phenoxy) is 1. The van der Waals surface area contributed by atoms with Crippen molar-refractivity contribution in [2.24, 2.45) is 0 Å². The summed E-state index contributed by atoms with van der Waals surface area (Å²) in [4.78, 5) is 13.6. The maximum Gasteiger partial charge on any atom is 0.340 e. The highest BCUT2D eigenvalue weighted by Crippen LogP contribution is 2.21. The largest absolute Gasteiger partial charge is 0.489 e. The molecule has 0 saturated carbocycles. The van der Waals surface area contributed by atoms with Crippen molar-refractivity contribution in [1.82, 2.24) is 15.2 Å². The number of para-hydroxylation sites is 1. The molecule has 0 radical (unpaired) electrons. The molecule has 1 atom stereocenters. The summed E-state index contributed by atoms with van der Waals surface area (Å²) in [6, 6.07) is 17.6. The molecule has 3 N–H and O–H groups in total. The maximum atomic E-state index is 11.0. The molecule has 1 unspecified atom stereocenters. The Bertz CT molecular complexity index is 827. The quantitative estimate of drug-likeness (QED) is 0.618. The molecule has 0 aliphatic carbocycles. The van der Waals surface area contributed by atoms with Gasteiger partial charge in [0.25, 0.3) is 0 Å². The predicted octanol–water partition coefficient (Wildman–Crippen LogP) is 1.82. The summed E-state index contributed by atoms with van der Waals surface area (Å²) in [5.74, 6) is 1.19. The van der Waals surface area contributed by atoms with Gasteiger partial charge in [-0.05, 0) is 17.2 Å². The number of hydrogen-bond acceptors (Lipinski definition) is 4. The monoisotopic (exact) mass is 325 g/mol. The molecule has 0 aliphatic rings. The number of hydrogen-bond donors (Lipinski definition) is 3. The molecule has 0 amide bonds. The highest BCUT2D eigenvalue weighted by molar-refractivity contribution is 5.34. The van der Waals surface area contributed by atoms with Gasteiger partial charge in [0.05, 0.1) is 6.10 Å². The minimum Gasteiger partial charge on any atom is -0.489 e. The van der Waals surface area contributed by atoms with Crippen LogP contribution < -0.4 is 10.4 Å². The van der Waals surface area contributed by atoms with Gasteiger partial charge in [0.15, 0.2) is 0 Å². The minimum absolute atomic E-state index is 0.270. The third-order valence-electron chi connectivity index (χ3n) is 3.64. The number of benzene rings is 2. The van der Waals surface area contributed by atoms with Crippen LogP contribution in [-0.4, -0.2) is 26.4 Å². The third-order valence-corrected chi connectivity index (χ3v) is 3.64. The number of nitrogens with one attached hydrogen (secondary N) is 2.